The third-order valence-electron chi connectivity index (χ3n) is 4.02. The third-order valence-corrected chi connectivity index (χ3v) is 4.02. The lowest BCUT2D eigenvalue weighted by molar-refractivity contribution is 0.0951. The maximum atomic E-state index is 5.58. The second kappa shape index (κ2) is 13.0. The van der Waals surface area contributed by atoms with Gasteiger partial charge >= 0.3 is 0 Å². The predicted octanol–water partition coefficient (Wildman–Crippen LogP) is 4.73. The first-order valence-electron chi connectivity index (χ1n) is 8.95. The Morgan fingerprint density at radius 3 is 2.24 bits per heavy atom. The van der Waals surface area contributed by atoms with Crippen LogP contribution in [0.4, 0.5) is 0 Å². The number of hydrogen-bond donors (Lipinski definition) is 0. The molecular weight excluding hydrogens is 262 g/mol. The molecule has 0 aromatic rings. The highest BCUT2D eigenvalue weighted by molar-refractivity contribution is 4.93. The molecule has 0 unspecified atom stereocenters. The molecule has 0 N–H and O–H groups in total. The van der Waals surface area contributed by atoms with Crippen LogP contribution in [0.15, 0.2) is 12.0 Å². The van der Waals surface area contributed by atoms with Crippen molar-refractivity contribution < 1.29 is 9.47 Å². The van der Waals surface area contributed by atoms with Crippen LogP contribution in [0.5, 0.6) is 0 Å². The van der Waals surface area contributed by atoms with E-state index >= 15 is 0 Å². The maximum Gasteiger partial charge on any atom is 0.144 e. The third kappa shape index (κ3) is 10.6. The second-order valence-electron chi connectivity index (χ2n) is 6.22. The fourth-order valence-electron chi connectivity index (χ4n) is 2.62. The average Bonchev–Trinajstić information content (AvgIpc) is 2.48. The highest BCUT2D eigenvalue weighted by Crippen LogP contribution is 2.11. The van der Waals surface area contributed by atoms with E-state index in [4.69, 9.17) is 9.47 Å². The van der Waals surface area contributed by atoms with Gasteiger partial charge in [-0.3, -0.25) is 4.90 Å². The number of likely N-dealkylation sites (N-methyl/N-ethyl adjacent to an activating group) is 1. The van der Waals surface area contributed by atoms with Gasteiger partial charge in [0.25, 0.3) is 0 Å². The average molecular weight is 297 g/mol. The van der Waals surface area contributed by atoms with Crippen LogP contribution in [0.2, 0.25) is 0 Å². The van der Waals surface area contributed by atoms with E-state index in [0.717, 1.165) is 38.5 Å². The molecule has 0 aliphatic carbocycles. The van der Waals surface area contributed by atoms with E-state index in [2.05, 4.69) is 18.9 Å². The van der Waals surface area contributed by atoms with Crippen molar-refractivity contribution >= 4 is 0 Å². The van der Waals surface area contributed by atoms with Crippen molar-refractivity contribution in [2.24, 2.45) is 0 Å². The minimum absolute atomic E-state index is 0.782. The molecular formula is C18H35NO2. The lowest BCUT2D eigenvalue weighted by Gasteiger charge is -2.24. The lowest BCUT2D eigenvalue weighted by Crippen LogP contribution is -2.31. The Labute approximate surface area is 131 Å². The van der Waals surface area contributed by atoms with E-state index in [9.17, 15) is 0 Å². The summed E-state index contributed by atoms with van der Waals surface area (Å²) in [5, 5.41) is 0. The smallest absolute Gasteiger partial charge is 0.144 e. The zero-order valence-corrected chi connectivity index (χ0v) is 14.2. The van der Waals surface area contributed by atoms with Crippen LogP contribution >= 0.6 is 0 Å². The number of morpholine rings is 1. The van der Waals surface area contributed by atoms with Crippen LogP contribution in [0.3, 0.4) is 0 Å². The summed E-state index contributed by atoms with van der Waals surface area (Å²) in [4.78, 5) is 2.25. The molecule has 0 aromatic carbocycles. The first-order valence-corrected chi connectivity index (χ1v) is 8.95. The van der Waals surface area contributed by atoms with Crippen LogP contribution in [-0.4, -0.2) is 38.3 Å². The Bertz CT molecular complexity index is 266. The molecule has 0 radical (unpaired) electrons. The van der Waals surface area contributed by atoms with Gasteiger partial charge in [-0.25, -0.2) is 0 Å². The summed E-state index contributed by atoms with van der Waals surface area (Å²) < 4.78 is 11.1. The molecule has 0 saturated carbocycles. The fourth-order valence-corrected chi connectivity index (χ4v) is 2.62. The molecule has 1 saturated heterocycles. The summed E-state index contributed by atoms with van der Waals surface area (Å²) in [6.07, 6.45) is 15.5. The molecule has 0 atom stereocenters. The quantitative estimate of drug-likeness (QED) is 0.384. The van der Waals surface area contributed by atoms with Crippen LogP contribution in [0.1, 0.15) is 71.1 Å². The van der Waals surface area contributed by atoms with E-state index in [1.165, 1.54) is 57.8 Å². The Morgan fingerprint density at radius 1 is 1.00 bits per heavy atom. The standard InChI is InChI=1S/C18H35NO2/c1-3-4-5-6-7-8-9-10-11-12-14-20-17-18-16-19(2)13-15-21-18/h17H,3-16H2,1-2H3/b18-17-. The molecule has 0 spiro atoms. The number of ether oxygens (including phenoxy) is 2. The van der Waals surface area contributed by atoms with Crippen LogP contribution < -0.4 is 0 Å². The van der Waals surface area contributed by atoms with E-state index in [-0.39, 0.29) is 0 Å². The number of hydrogen-bond acceptors (Lipinski definition) is 3. The van der Waals surface area contributed by atoms with Crippen molar-refractivity contribution in [2.75, 3.05) is 33.4 Å². The summed E-state index contributed by atoms with van der Waals surface area (Å²) in [5.41, 5.74) is 0. The first kappa shape index (κ1) is 18.3. The van der Waals surface area contributed by atoms with Crippen molar-refractivity contribution in [3.63, 3.8) is 0 Å². The van der Waals surface area contributed by atoms with E-state index in [1.54, 1.807) is 0 Å². The molecule has 21 heavy (non-hydrogen) atoms. The number of nitrogens with zero attached hydrogens (tertiary/aromatic N) is 1. The van der Waals surface area contributed by atoms with Crippen molar-refractivity contribution in [1.82, 2.24) is 4.90 Å². The van der Waals surface area contributed by atoms with E-state index in [1.807, 2.05) is 6.26 Å². The monoisotopic (exact) mass is 297 g/mol. The molecule has 0 bridgehead atoms. The molecule has 3 heteroatoms. The summed E-state index contributed by atoms with van der Waals surface area (Å²) in [5.74, 6) is 0.968. The molecule has 1 aliphatic heterocycles. The SMILES string of the molecule is CCCCCCCCCCCCO/C=C1/CN(C)CCO1. The summed E-state index contributed by atoms with van der Waals surface area (Å²) in [6, 6.07) is 0. The minimum atomic E-state index is 0.782. The molecule has 0 amide bonds. The zero-order chi connectivity index (χ0) is 15.2. The van der Waals surface area contributed by atoms with Crippen molar-refractivity contribution in [1.29, 1.82) is 0 Å². The molecule has 1 heterocycles. The van der Waals surface area contributed by atoms with Crippen LogP contribution in [0, 0.1) is 0 Å². The molecule has 1 fully saturated rings. The van der Waals surface area contributed by atoms with Crippen molar-refractivity contribution in [2.45, 2.75) is 71.1 Å². The minimum Gasteiger partial charge on any atom is -0.498 e. The highest BCUT2D eigenvalue weighted by atomic mass is 16.5. The number of rotatable bonds is 12. The van der Waals surface area contributed by atoms with Crippen molar-refractivity contribution in [3.05, 3.63) is 12.0 Å². The largest absolute Gasteiger partial charge is 0.498 e. The van der Waals surface area contributed by atoms with Crippen LogP contribution in [-0.2, 0) is 9.47 Å². The Morgan fingerprint density at radius 2 is 1.62 bits per heavy atom. The molecule has 124 valence electrons. The second-order valence-corrected chi connectivity index (χ2v) is 6.22. The van der Waals surface area contributed by atoms with Crippen molar-refractivity contribution in [3.8, 4) is 0 Å². The first-order chi connectivity index (χ1) is 10.3. The topological polar surface area (TPSA) is 21.7 Å². The fraction of sp³-hybridized carbons (Fsp3) is 0.889. The summed E-state index contributed by atoms with van der Waals surface area (Å²) >= 11 is 0. The van der Waals surface area contributed by atoms with E-state index in [0.29, 0.717) is 0 Å². The van der Waals surface area contributed by atoms with Gasteiger partial charge in [-0.05, 0) is 13.5 Å². The van der Waals surface area contributed by atoms with Gasteiger partial charge in [-0.1, -0.05) is 64.7 Å². The Balaban J connectivity index is 1.81. The van der Waals surface area contributed by atoms with Gasteiger partial charge in [-0.15, -0.1) is 0 Å². The Hall–Kier alpha value is -0.700. The van der Waals surface area contributed by atoms with Gasteiger partial charge in [0.2, 0.25) is 0 Å². The highest BCUT2D eigenvalue weighted by Gasteiger charge is 2.10. The van der Waals surface area contributed by atoms with Gasteiger partial charge in [0.05, 0.1) is 13.2 Å². The molecule has 0 aromatic heterocycles. The number of unbranched alkanes of at least 4 members (excludes halogenated alkanes) is 9. The van der Waals surface area contributed by atoms with Gasteiger partial charge < -0.3 is 9.47 Å². The lowest BCUT2D eigenvalue weighted by atomic mass is 10.1. The molecule has 1 rings (SSSR count). The van der Waals surface area contributed by atoms with Gasteiger partial charge in [0.1, 0.15) is 18.6 Å². The molecule has 1 aliphatic rings. The zero-order valence-electron chi connectivity index (χ0n) is 14.2. The molecule has 3 nitrogen and oxygen atoms in total. The van der Waals surface area contributed by atoms with Crippen LogP contribution in [0.25, 0.3) is 0 Å². The normalized spacial score (nSPS) is 17.9. The van der Waals surface area contributed by atoms with Gasteiger partial charge in [0.15, 0.2) is 0 Å². The summed E-state index contributed by atoms with van der Waals surface area (Å²) in [7, 11) is 2.11. The van der Waals surface area contributed by atoms with Gasteiger partial charge in [0, 0.05) is 6.54 Å². The maximum absolute atomic E-state index is 5.58. The van der Waals surface area contributed by atoms with E-state index < -0.39 is 0 Å². The summed E-state index contributed by atoms with van der Waals surface area (Å²) in [6.45, 7) is 5.77. The predicted molar refractivity (Wildman–Crippen MR) is 89.3 cm³/mol. The Kier molecular flexibility index (Phi) is 11.4. The van der Waals surface area contributed by atoms with Gasteiger partial charge in [-0.2, -0.15) is 0 Å².